The average molecular weight is 412 g/mol. The molecule has 0 atom stereocenters. The number of thiazole rings is 1. The van der Waals surface area contributed by atoms with Crippen molar-refractivity contribution in [3.8, 4) is 16.3 Å². The molecule has 2 aromatic heterocycles. The van der Waals surface area contributed by atoms with Gasteiger partial charge in [-0.25, -0.2) is 4.98 Å². The van der Waals surface area contributed by atoms with Crippen LogP contribution in [0.1, 0.15) is 34.9 Å². The number of carbonyl (C=O) groups is 1. The van der Waals surface area contributed by atoms with Gasteiger partial charge in [-0.05, 0) is 44.0 Å². The molecule has 29 heavy (non-hydrogen) atoms. The summed E-state index contributed by atoms with van der Waals surface area (Å²) in [6.45, 7) is 4.55. The van der Waals surface area contributed by atoms with Gasteiger partial charge in [0.1, 0.15) is 16.5 Å². The highest BCUT2D eigenvalue weighted by Gasteiger charge is 2.23. The molecule has 0 radical (unpaired) electrons. The van der Waals surface area contributed by atoms with E-state index in [1.807, 2.05) is 31.2 Å². The number of furan rings is 1. The molecule has 1 amide bonds. The molecule has 3 aromatic rings. The first-order valence-electron chi connectivity index (χ1n) is 9.79. The number of amides is 1. The second-order valence-electron chi connectivity index (χ2n) is 7.31. The van der Waals surface area contributed by atoms with Crippen molar-refractivity contribution in [2.75, 3.05) is 20.2 Å². The van der Waals surface area contributed by atoms with E-state index in [4.69, 9.17) is 14.1 Å². The van der Waals surface area contributed by atoms with E-state index in [2.05, 4.69) is 21.7 Å². The molecular weight excluding hydrogens is 386 g/mol. The minimum atomic E-state index is -0.126. The van der Waals surface area contributed by atoms with Crippen molar-refractivity contribution in [3.05, 3.63) is 59.0 Å². The van der Waals surface area contributed by atoms with Gasteiger partial charge in [0.25, 0.3) is 5.91 Å². The molecule has 3 heterocycles. The largest absolute Gasteiger partial charge is 0.497 e. The number of benzene rings is 1. The van der Waals surface area contributed by atoms with Crippen molar-refractivity contribution >= 4 is 17.2 Å². The first-order chi connectivity index (χ1) is 14.1. The number of nitrogens with zero attached hydrogens (tertiary/aromatic N) is 2. The number of hydrogen-bond acceptors (Lipinski definition) is 6. The summed E-state index contributed by atoms with van der Waals surface area (Å²) in [5.41, 5.74) is 2.16. The lowest BCUT2D eigenvalue weighted by atomic mass is 10.0. The van der Waals surface area contributed by atoms with Crippen molar-refractivity contribution in [3.63, 3.8) is 0 Å². The number of aryl methyl sites for hydroxylation is 1. The van der Waals surface area contributed by atoms with Crippen LogP contribution in [0.5, 0.6) is 5.75 Å². The third-order valence-corrected chi connectivity index (χ3v) is 6.08. The Balaban J connectivity index is 1.29. The molecule has 0 spiro atoms. The maximum Gasteiger partial charge on any atom is 0.287 e. The van der Waals surface area contributed by atoms with Gasteiger partial charge in [-0.15, -0.1) is 11.3 Å². The van der Waals surface area contributed by atoms with Crippen LogP contribution in [0.2, 0.25) is 0 Å². The standard InChI is InChI=1S/C22H25N3O3S/c1-15-6-7-20(28-15)21(26)23-17-8-10-25(11-9-17)13-18-14-29-22(24-18)16-4-3-5-19(12-16)27-2/h3-7,12,14,17H,8-11,13H2,1-2H3,(H,23,26). The van der Waals surface area contributed by atoms with Crippen molar-refractivity contribution in [2.45, 2.75) is 32.4 Å². The predicted molar refractivity (Wildman–Crippen MR) is 113 cm³/mol. The molecule has 1 aromatic carbocycles. The first kappa shape index (κ1) is 19.7. The van der Waals surface area contributed by atoms with E-state index in [-0.39, 0.29) is 11.9 Å². The lowest BCUT2D eigenvalue weighted by Gasteiger charge is -2.31. The molecule has 0 unspecified atom stereocenters. The predicted octanol–water partition coefficient (Wildman–Crippen LogP) is 4.11. The van der Waals surface area contributed by atoms with Crippen LogP contribution < -0.4 is 10.1 Å². The van der Waals surface area contributed by atoms with Crippen LogP contribution >= 0.6 is 11.3 Å². The fourth-order valence-corrected chi connectivity index (χ4v) is 4.35. The second kappa shape index (κ2) is 8.80. The number of likely N-dealkylation sites (tertiary alicyclic amines) is 1. The van der Waals surface area contributed by atoms with E-state index in [0.29, 0.717) is 5.76 Å². The lowest BCUT2D eigenvalue weighted by molar-refractivity contribution is 0.0879. The first-order valence-corrected chi connectivity index (χ1v) is 10.7. The summed E-state index contributed by atoms with van der Waals surface area (Å²) in [6, 6.07) is 11.7. The van der Waals surface area contributed by atoms with Crippen LogP contribution in [0.15, 0.2) is 46.2 Å². The smallest absolute Gasteiger partial charge is 0.287 e. The summed E-state index contributed by atoms with van der Waals surface area (Å²) >= 11 is 1.66. The van der Waals surface area contributed by atoms with Crippen LogP contribution in [0.3, 0.4) is 0 Å². The van der Waals surface area contributed by atoms with Crippen molar-refractivity contribution in [1.82, 2.24) is 15.2 Å². The van der Waals surface area contributed by atoms with Gasteiger partial charge in [0.15, 0.2) is 5.76 Å². The summed E-state index contributed by atoms with van der Waals surface area (Å²) in [6.07, 6.45) is 1.86. The molecule has 1 N–H and O–H groups in total. The zero-order chi connectivity index (χ0) is 20.2. The van der Waals surface area contributed by atoms with Crippen LogP contribution in [0.25, 0.3) is 10.6 Å². The molecule has 0 aliphatic carbocycles. The molecule has 7 heteroatoms. The number of methoxy groups -OCH3 is 1. The Labute approximate surface area is 174 Å². The minimum Gasteiger partial charge on any atom is -0.497 e. The van der Waals surface area contributed by atoms with Gasteiger partial charge < -0.3 is 14.5 Å². The number of ether oxygens (including phenoxy) is 1. The van der Waals surface area contributed by atoms with E-state index in [9.17, 15) is 4.79 Å². The second-order valence-corrected chi connectivity index (χ2v) is 8.17. The zero-order valence-corrected chi connectivity index (χ0v) is 17.5. The van der Waals surface area contributed by atoms with E-state index < -0.39 is 0 Å². The molecule has 1 aliphatic rings. The van der Waals surface area contributed by atoms with E-state index in [1.165, 1.54) is 0 Å². The number of piperidine rings is 1. The molecule has 1 saturated heterocycles. The fourth-order valence-electron chi connectivity index (χ4n) is 3.55. The Morgan fingerprint density at radius 2 is 2.14 bits per heavy atom. The molecule has 4 rings (SSSR count). The molecule has 0 saturated carbocycles. The van der Waals surface area contributed by atoms with Crippen LogP contribution in [-0.2, 0) is 6.54 Å². The number of nitrogens with one attached hydrogen (secondary N) is 1. The Morgan fingerprint density at radius 3 is 2.86 bits per heavy atom. The highest BCUT2D eigenvalue weighted by atomic mass is 32.1. The van der Waals surface area contributed by atoms with Gasteiger partial charge in [-0.2, -0.15) is 0 Å². The molecule has 152 valence electrons. The van der Waals surface area contributed by atoms with Gasteiger partial charge in [0.2, 0.25) is 0 Å². The quantitative estimate of drug-likeness (QED) is 0.661. The maximum absolute atomic E-state index is 12.2. The minimum absolute atomic E-state index is 0.126. The molecular formula is C22H25N3O3S. The van der Waals surface area contributed by atoms with Gasteiger partial charge >= 0.3 is 0 Å². The molecule has 1 fully saturated rings. The lowest BCUT2D eigenvalue weighted by Crippen LogP contribution is -2.44. The van der Waals surface area contributed by atoms with E-state index >= 15 is 0 Å². The highest BCUT2D eigenvalue weighted by molar-refractivity contribution is 7.13. The van der Waals surface area contributed by atoms with E-state index in [0.717, 1.165) is 60.3 Å². The van der Waals surface area contributed by atoms with Gasteiger partial charge in [0, 0.05) is 36.6 Å². The topological polar surface area (TPSA) is 67.6 Å². The third-order valence-electron chi connectivity index (χ3n) is 5.14. The summed E-state index contributed by atoms with van der Waals surface area (Å²) in [4.78, 5) is 19.4. The summed E-state index contributed by atoms with van der Waals surface area (Å²) in [5.74, 6) is 1.85. The Hall–Kier alpha value is -2.64. The molecule has 6 nitrogen and oxygen atoms in total. The van der Waals surface area contributed by atoms with Crippen LogP contribution in [-0.4, -0.2) is 42.0 Å². The van der Waals surface area contributed by atoms with Gasteiger partial charge in [-0.1, -0.05) is 12.1 Å². The molecule has 1 aliphatic heterocycles. The number of aromatic nitrogens is 1. The van der Waals surface area contributed by atoms with Gasteiger partial charge in [0.05, 0.1) is 12.8 Å². The fraction of sp³-hybridized carbons (Fsp3) is 0.364. The molecule has 0 bridgehead atoms. The van der Waals surface area contributed by atoms with E-state index in [1.54, 1.807) is 24.5 Å². The number of rotatable bonds is 6. The number of hydrogen-bond donors (Lipinski definition) is 1. The Bertz CT molecular complexity index is 973. The Morgan fingerprint density at radius 1 is 1.31 bits per heavy atom. The van der Waals surface area contributed by atoms with Crippen LogP contribution in [0, 0.1) is 6.92 Å². The number of carbonyl (C=O) groups excluding carboxylic acids is 1. The average Bonchev–Trinajstić information content (AvgIpc) is 3.39. The maximum atomic E-state index is 12.2. The Kier molecular flexibility index (Phi) is 5.97. The highest BCUT2D eigenvalue weighted by Crippen LogP contribution is 2.27. The summed E-state index contributed by atoms with van der Waals surface area (Å²) in [5, 5.41) is 6.22. The van der Waals surface area contributed by atoms with Crippen LogP contribution in [0.4, 0.5) is 0 Å². The summed E-state index contributed by atoms with van der Waals surface area (Å²) in [7, 11) is 1.67. The zero-order valence-electron chi connectivity index (χ0n) is 16.7. The third kappa shape index (κ3) is 4.86. The van der Waals surface area contributed by atoms with Crippen molar-refractivity contribution in [2.24, 2.45) is 0 Å². The van der Waals surface area contributed by atoms with Crippen molar-refractivity contribution < 1.29 is 13.9 Å². The summed E-state index contributed by atoms with van der Waals surface area (Å²) < 4.78 is 10.7. The monoisotopic (exact) mass is 411 g/mol. The van der Waals surface area contributed by atoms with Gasteiger partial charge in [-0.3, -0.25) is 9.69 Å². The SMILES string of the molecule is COc1cccc(-c2nc(CN3CCC(NC(=O)c4ccc(C)o4)CC3)cs2)c1. The normalized spacial score (nSPS) is 15.4. The van der Waals surface area contributed by atoms with Crippen molar-refractivity contribution in [1.29, 1.82) is 0 Å².